The van der Waals surface area contributed by atoms with Crippen LogP contribution in [0.15, 0.2) is 57.7 Å². The number of ether oxygens (including phenoxy) is 2. The minimum absolute atomic E-state index is 0.00373. The van der Waals surface area contributed by atoms with E-state index in [9.17, 15) is 13.5 Å². The smallest absolute Gasteiger partial charge is 0.246 e. The summed E-state index contributed by atoms with van der Waals surface area (Å²) in [6.07, 6.45) is 2.86. The molecule has 0 unspecified atom stereocenters. The van der Waals surface area contributed by atoms with E-state index in [1.54, 1.807) is 41.0 Å². The van der Waals surface area contributed by atoms with Gasteiger partial charge in [0, 0.05) is 31.7 Å². The summed E-state index contributed by atoms with van der Waals surface area (Å²) in [5.41, 5.74) is 0.834. The number of benzene rings is 1. The fraction of sp³-hybridized carbons (Fsp3) is 0.370. The molecule has 0 fully saturated rings. The summed E-state index contributed by atoms with van der Waals surface area (Å²) in [5.74, 6) is 1.41. The van der Waals surface area contributed by atoms with Gasteiger partial charge in [0.1, 0.15) is 22.4 Å². The lowest BCUT2D eigenvalue weighted by molar-refractivity contribution is 0.288. The summed E-state index contributed by atoms with van der Waals surface area (Å²) in [5, 5.41) is 18.4. The molecule has 0 radical (unpaired) electrons. The molecule has 0 saturated heterocycles. The summed E-state index contributed by atoms with van der Waals surface area (Å²) in [6, 6.07) is 10.9. The first kappa shape index (κ1) is 32.0. The van der Waals surface area contributed by atoms with Gasteiger partial charge in [-0.3, -0.25) is 9.55 Å². The van der Waals surface area contributed by atoms with Crippen LogP contribution in [-0.4, -0.2) is 74.0 Å². The number of para-hydroxylation sites is 1. The number of furan rings is 1. The minimum Gasteiger partial charge on any atom is -0.494 e. The first-order valence-electron chi connectivity index (χ1n) is 13.0. The normalized spacial score (nSPS) is 12.8. The van der Waals surface area contributed by atoms with Crippen molar-refractivity contribution < 1.29 is 27.4 Å². The summed E-state index contributed by atoms with van der Waals surface area (Å²) in [7, 11) is -3.02. The van der Waals surface area contributed by atoms with Gasteiger partial charge in [-0.25, -0.2) is 12.7 Å². The molecule has 4 rings (SSSR count). The van der Waals surface area contributed by atoms with Crippen molar-refractivity contribution in [2.45, 2.75) is 37.4 Å². The predicted molar refractivity (Wildman–Crippen MR) is 168 cm³/mol. The SMILES string of the molecule is COc1cccc(OC)c1-n1c(-c2ccco2)nnc1N(CC[Si](C)(C)C)S(=O)(=O)[C@H](CO)Cc1ncc(Cl)cc1Br. The molecule has 11 nitrogen and oxygen atoms in total. The number of hydrogen-bond donors (Lipinski definition) is 1. The maximum absolute atomic E-state index is 14.5. The highest BCUT2D eigenvalue weighted by atomic mass is 79.9. The van der Waals surface area contributed by atoms with E-state index >= 15 is 0 Å². The van der Waals surface area contributed by atoms with Gasteiger partial charge in [0.25, 0.3) is 0 Å². The third-order valence-electron chi connectivity index (χ3n) is 6.54. The number of methoxy groups -OCH3 is 2. The molecular formula is C27H33BrClN5O6SSi. The predicted octanol–water partition coefficient (Wildman–Crippen LogP) is 5.43. The molecular weight excluding hydrogens is 666 g/mol. The largest absolute Gasteiger partial charge is 0.494 e. The van der Waals surface area contributed by atoms with Crippen LogP contribution in [0.2, 0.25) is 30.7 Å². The molecule has 0 amide bonds. The van der Waals surface area contributed by atoms with Gasteiger partial charge >= 0.3 is 0 Å². The number of aliphatic hydroxyl groups excluding tert-OH is 1. The molecule has 1 atom stereocenters. The summed E-state index contributed by atoms with van der Waals surface area (Å²) < 4.78 is 49.3. The number of rotatable bonds is 13. The van der Waals surface area contributed by atoms with Crippen molar-refractivity contribution in [3.63, 3.8) is 0 Å². The molecule has 1 aromatic carbocycles. The van der Waals surface area contributed by atoms with Crippen LogP contribution in [0.1, 0.15) is 5.69 Å². The van der Waals surface area contributed by atoms with Crippen LogP contribution in [0.3, 0.4) is 0 Å². The Balaban J connectivity index is 1.95. The Labute approximate surface area is 259 Å². The van der Waals surface area contributed by atoms with Crippen LogP contribution in [0, 0.1) is 0 Å². The molecule has 3 aromatic heterocycles. The Kier molecular flexibility index (Phi) is 10.0. The fourth-order valence-electron chi connectivity index (χ4n) is 4.29. The van der Waals surface area contributed by atoms with Crippen molar-refractivity contribution in [2.75, 3.05) is 31.7 Å². The van der Waals surface area contributed by atoms with E-state index in [1.807, 2.05) is 0 Å². The molecule has 0 spiro atoms. The van der Waals surface area contributed by atoms with E-state index in [0.29, 0.717) is 44.2 Å². The zero-order chi connectivity index (χ0) is 30.7. The van der Waals surface area contributed by atoms with Crippen LogP contribution in [-0.2, 0) is 16.4 Å². The van der Waals surface area contributed by atoms with E-state index in [4.69, 9.17) is 25.5 Å². The minimum atomic E-state index is -4.26. The van der Waals surface area contributed by atoms with Crippen molar-refractivity contribution >= 4 is 51.6 Å². The van der Waals surface area contributed by atoms with E-state index < -0.39 is 30.0 Å². The second kappa shape index (κ2) is 13.2. The number of sulfonamides is 1. The van der Waals surface area contributed by atoms with Gasteiger partial charge in [-0.15, -0.1) is 10.2 Å². The second-order valence-corrected chi connectivity index (χ2v) is 19.7. The quantitative estimate of drug-likeness (QED) is 0.182. The summed E-state index contributed by atoms with van der Waals surface area (Å²) in [6.45, 7) is 5.91. The zero-order valence-electron chi connectivity index (χ0n) is 23.9. The Hall–Kier alpha value is -2.91. The van der Waals surface area contributed by atoms with Crippen LogP contribution in [0.5, 0.6) is 11.5 Å². The van der Waals surface area contributed by atoms with Crippen LogP contribution < -0.4 is 13.8 Å². The molecule has 0 bridgehead atoms. The van der Waals surface area contributed by atoms with Crippen molar-refractivity contribution in [1.82, 2.24) is 19.7 Å². The van der Waals surface area contributed by atoms with Gasteiger partial charge in [0.05, 0.1) is 37.8 Å². The highest BCUT2D eigenvalue weighted by Crippen LogP contribution is 2.39. The number of aromatic nitrogens is 4. The van der Waals surface area contributed by atoms with Gasteiger partial charge in [-0.05, 0) is 52.3 Å². The van der Waals surface area contributed by atoms with E-state index in [0.717, 1.165) is 0 Å². The molecule has 15 heteroatoms. The highest BCUT2D eigenvalue weighted by Gasteiger charge is 2.38. The molecule has 0 aliphatic carbocycles. The number of aliphatic hydroxyl groups is 1. The molecule has 4 aromatic rings. The van der Waals surface area contributed by atoms with Gasteiger partial charge in [-0.2, -0.15) is 0 Å². The first-order chi connectivity index (χ1) is 19.9. The van der Waals surface area contributed by atoms with Crippen LogP contribution in [0.25, 0.3) is 17.3 Å². The molecule has 0 aliphatic rings. The molecule has 0 saturated carbocycles. The molecule has 226 valence electrons. The zero-order valence-corrected chi connectivity index (χ0v) is 28.1. The first-order valence-corrected chi connectivity index (χ1v) is 19.4. The van der Waals surface area contributed by atoms with Crippen molar-refractivity contribution in [3.8, 4) is 28.8 Å². The Bertz CT molecular complexity index is 1610. The number of anilines is 1. The molecule has 42 heavy (non-hydrogen) atoms. The Morgan fingerprint density at radius 3 is 2.38 bits per heavy atom. The Morgan fingerprint density at radius 2 is 1.83 bits per heavy atom. The second-order valence-electron chi connectivity index (χ2n) is 10.7. The fourth-order valence-corrected chi connectivity index (χ4v) is 7.76. The van der Waals surface area contributed by atoms with Crippen molar-refractivity contribution in [2.24, 2.45) is 0 Å². The lowest BCUT2D eigenvalue weighted by atomic mass is 10.2. The number of pyridine rings is 1. The van der Waals surface area contributed by atoms with Crippen molar-refractivity contribution in [3.05, 3.63) is 64.0 Å². The van der Waals surface area contributed by atoms with Gasteiger partial charge in [0.2, 0.25) is 21.8 Å². The summed E-state index contributed by atoms with van der Waals surface area (Å²) >= 11 is 9.46. The third kappa shape index (κ3) is 6.83. The standard InChI is InChI=1S/C27H33BrClN5O6SSi/c1-38-22-8-6-9-23(39-2)25(22)34-26(24-10-7-12-40-24)31-32-27(34)33(11-13-42(3,4)5)41(36,37)19(17-35)15-21-20(28)14-18(29)16-30-21/h6-10,12,14,16,19,35H,11,13,15,17H2,1-5H3/t19-/m0/s1. The Morgan fingerprint density at radius 1 is 1.14 bits per heavy atom. The monoisotopic (exact) mass is 697 g/mol. The number of halogens is 2. The van der Waals surface area contributed by atoms with Crippen LogP contribution >= 0.6 is 27.5 Å². The van der Waals surface area contributed by atoms with Gasteiger partial charge in [-0.1, -0.05) is 37.3 Å². The lowest BCUT2D eigenvalue weighted by Gasteiger charge is -2.30. The van der Waals surface area contributed by atoms with E-state index in [-0.39, 0.29) is 24.7 Å². The molecule has 0 aliphatic heterocycles. The summed E-state index contributed by atoms with van der Waals surface area (Å²) in [4.78, 5) is 4.30. The maximum atomic E-state index is 14.5. The maximum Gasteiger partial charge on any atom is 0.246 e. The lowest BCUT2D eigenvalue weighted by Crippen LogP contribution is -2.45. The van der Waals surface area contributed by atoms with Gasteiger partial charge in [0.15, 0.2) is 5.76 Å². The van der Waals surface area contributed by atoms with Crippen LogP contribution in [0.4, 0.5) is 5.95 Å². The number of nitrogens with zero attached hydrogens (tertiary/aromatic N) is 5. The van der Waals surface area contributed by atoms with E-state index in [2.05, 4.69) is 50.8 Å². The molecule has 3 heterocycles. The number of hydrogen-bond acceptors (Lipinski definition) is 9. The van der Waals surface area contributed by atoms with Crippen molar-refractivity contribution in [1.29, 1.82) is 0 Å². The molecule has 1 N–H and O–H groups in total. The topological polar surface area (TPSA) is 133 Å². The average Bonchev–Trinajstić information content (AvgIpc) is 3.61. The third-order valence-corrected chi connectivity index (χ3v) is 11.3. The van der Waals surface area contributed by atoms with Gasteiger partial charge < -0.3 is 19.0 Å². The van der Waals surface area contributed by atoms with E-state index in [1.165, 1.54) is 31.0 Å². The average molecular weight is 699 g/mol. The highest BCUT2D eigenvalue weighted by molar-refractivity contribution is 9.10.